The maximum absolute atomic E-state index is 15.0. The Balaban J connectivity index is 0.000000191. The normalized spacial score (nSPS) is 12.2. The third-order valence-electron chi connectivity index (χ3n) is 21.9. The Morgan fingerprint density at radius 2 is 0.703 bits per heavy atom. The second-order valence-electron chi connectivity index (χ2n) is 31.3. The monoisotopic (exact) mass is 2600 g/mol. The van der Waals surface area contributed by atoms with Crippen LogP contribution in [0.2, 0.25) is 0 Å². The average Bonchev–Trinajstić information content (AvgIpc) is 0.878. The third kappa shape index (κ3) is 24.0. The van der Waals surface area contributed by atoms with Crippen LogP contribution in [0.1, 0.15) is 121 Å². The van der Waals surface area contributed by atoms with Crippen LogP contribution in [0.25, 0.3) is 67.5 Å². The van der Waals surface area contributed by atoms with Crippen molar-refractivity contribution in [2.24, 2.45) is 0 Å². The smallest absolute Gasteiger partial charge is 0.453 e. The fourth-order valence-electron chi connectivity index (χ4n) is 15.2. The summed E-state index contributed by atoms with van der Waals surface area (Å²) >= 11 is 0. The standard InChI is InChI=1S/C34H21F4N4.C26H19F4N4.C22H16F5N5.C18H13F2N4O2.4Pt/c1-21-20-30(36)42-33(38)31(21)26-15-9-17-28(40-26)34(22-10-4-2-5-11-22,23-12-6-3-7-13-23)27-16-8-14-25(39-27)24-18-19-29(35)41-32(24)37;1-15-14-22(28)34-25(30)23(15)18-7-5-9-20(32-18)26(12-2-3-13-26)19-8-4-6-17(31-19)16-10-11-21(27)33-24(16)29;1-21(2,16-6-3-5-14(30-16)13-9-10-18(23)32-20(13)24)17-7-4-8-19(31-17)29-12-11-15(28)22(25,26)27;1-18(2,14-7-4-8-16(22-14)24(25)26)13-6-3-5-12(21-13)11-9-10-15(19)23-17(11)20;;;;/h2-17,19-20H,1H3;4-9,11,14H,2-3,12-13H2,1H3;3-8,10-11,28H,1-2H3,(H,29,31);3-8,10H,1-2H3;;;;/q2*-1;-2;-1;;;;+2. The molecule has 38 heteroatoms. The molecule has 1 aliphatic rings. The summed E-state index contributed by atoms with van der Waals surface area (Å²) in [5.41, 5.74) is 3.17. The Bertz CT molecular complexity index is 7040. The molecule has 16 aromatic rings. The zero-order chi connectivity index (χ0) is 95.6. The second-order valence-corrected chi connectivity index (χ2v) is 31.3. The minimum atomic E-state index is -4.76. The molecule has 0 radical (unpaired) electrons. The first-order chi connectivity index (χ1) is 64.0. The number of nitrogens with one attached hydrogen (secondary N) is 2. The van der Waals surface area contributed by atoms with E-state index >= 15 is 4.39 Å². The summed E-state index contributed by atoms with van der Waals surface area (Å²) < 4.78 is 204. The van der Waals surface area contributed by atoms with Crippen LogP contribution >= 0.6 is 0 Å². The number of alkyl halides is 3. The van der Waals surface area contributed by atoms with E-state index in [-0.39, 0.29) is 158 Å². The molecule has 0 saturated heterocycles. The first-order valence-corrected chi connectivity index (χ1v) is 40.7. The van der Waals surface area contributed by atoms with Crippen LogP contribution in [0.5, 0.6) is 0 Å². The molecule has 19 nitrogen and oxygen atoms in total. The van der Waals surface area contributed by atoms with E-state index in [1.54, 1.807) is 143 Å². The van der Waals surface area contributed by atoms with Gasteiger partial charge in [0, 0.05) is 109 Å². The molecule has 0 aliphatic heterocycles. The van der Waals surface area contributed by atoms with Crippen molar-refractivity contribution in [1.29, 1.82) is 5.41 Å². The number of anilines is 1. The predicted molar refractivity (Wildman–Crippen MR) is 465 cm³/mol. The maximum atomic E-state index is 15.0. The predicted octanol–water partition coefficient (Wildman–Crippen LogP) is 22.9. The van der Waals surface area contributed by atoms with Crippen molar-refractivity contribution in [3.05, 3.63) is 428 Å². The molecule has 2 aromatic carbocycles. The number of pyridine rings is 14. The Morgan fingerprint density at radius 3 is 1.08 bits per heavy atom. The van der Waals surface area contributed by atoms with Crippen molar-refractivity contribution >= 4 is 17.3 Å². The van der Waals surface area contributed by atoms with Gasteiger partial charge in [-0.15, -0.1) is 36.5 Å². The van der Waals surface area contributed by atoms with E-state index in [1.165, 1.54) is 24.3 Å². The van der Waals surface area contributed by atoms with Gasteiger partial charge in [0.1, 0.15) is 53.0 Å². The molecule has 14 heterocycles. The fraction of sp³-hybridized carbons (Fsp3) is 0.150. The van der Waals surface area contributed by atoms with Gasteiger partial charge >= 0.3 is 33.1 Å². The number of rotatable bonds is 20. The van der Waals surface area contributed by atoms with Gasteiger partial charge in [0.15, 0.2) is 5.69 Å². The summed E-state index contributed by atoms with van der Waals surface area (Å²) in [6, 6.07) is 75.2. The van der Waals surface area contributed by atoms with Crippen LogP contribution < -0.4 is 5.32 Å². The van der Waals surface area contributed by atoms with E-state index < -0.39 is 110 Å². The fourth-order valence-corrected chi connectivity index (χ4v) is 15.2. The first kappa shape index (κ1) is 107. The molecular formula is C100H69F15N17O2Pt4-3. The zero-order valence-electron chi connectivity index (χ0n) is 72.5. The molecule has 0 spiro atoms. The van der Waals surface area contributed by atoms with Crippen LogP contribution in [-0.2, 0) is 106 Å². The van der Waals surface area contributed by atoms with Crippen LogP contribution in [0, 0.1) is 131 Å². The average molecular weight is 2610 g/mol. The van der Waals surface area contributed by atoms with Crippen LogP contribution in [0.15, 0.2) is 249 Å². The quantitative estimate of drug-likeness (QED) is 0.0137. The van der Waals surface area contributed by atoms with Crippen molar-refractivity contribution in [2.75, 3.05) is 5.32 Å². The van der Waals surface area contributed by atoms with Crippen LogP contribution in [-0.4, -0.2) is 86.6 Å². The van der Waals surface area contributed by atoms with Crippen molar-refractivity contribution in [3.8, 4) is 67.5 Å². The summed E-state index contributed by atoms with van der Waals surface area (Å²) in [7, 11) is 0. The second kappa shape index (κ2) is 45.9. The molecule has 0 bridgehead atoms. The van der Waals surface area contributed by atoms with Crippen LogP contribution in [0.3, 0.4) is 0 Å². The van der Waals surface area contributed by atoms with Gasteiger partial charge < -0.3 is 35.8 Å². The molecule has 138 heavy (non-hydrogen) atoms. The minimum Gasteiger partial charge on any atom is -0.453 e. The Hall–Kier alpha value is -13.1. The summed E-state index contributed by atoms with van der Waals surface area (Å²) in [6.07, 6.45) is 1.25. The van der Waals surface area contributed by atoms with Gasteiger partial charge in [-0.2, -0.15) is 40.7 Å². The largest absolute Gasteiger partial charge is 2.00 e. The minimum absolute atomic E-state index is 0. The van der Waals surface area contributed by atoms with Crippen molar-refractivity contribution in [2.45, 2.75) is 95.1 Å². The van der Waals surface area contributed by atoms with Crippen molar-refractivity contribution < 1.29 is 155 Å². The summed E-state index contributed by atoms with van der Waals surface area (Å²) in [4.78, 5) is 66.5. The molecule has 0 amide bonds. The molecule has 1 saturated carbocycles. The Kier molecular flexibility index (Phi) is 35.5. The molecule has 1 aliphatic carbocycles. The molecule has 0 unspecified atom stereocenters. The molecular weight excluding hydrogens is 2540 g/mol. The Labute approximate surface area is 837 Å². The molecule has 14 aromatic heterocycles. The van der Waals surface area contributed by atoms with Gasteiger partial charge in [-0.1, -0.05) is 193 Å². The number of halogens is 15. The van der Waals surface area contributed by atoms with Gasteiger partial charge in [0.05, 0.1) is 50.4 Å². The van der Waals surface area contributed by atoms with E-state index in [2.05, 4.69) is 85.6 Å². The number of aromatic nitrogens is 14. The maximum Gasteiger partial charge on any atom is 2.00 e. The number of allylic oxidation sites excluding steroid dienone is 1. The van der Waals surface area contributed by atoms with E-state index in [0.717, 1.165) is 67.1 Å². The summed E-state index contributed by atoms with van der Waals surface area (Å²) in [5.74, 6) is -11.8. The summed E-state index contributed by atoms with van der Waals surface area (Å²) in [6.45, 7) is 10.4. The zero-order valence-corrected chi connectivity index (χ0v) is 81.5. The van der Waals surface area contributed by atoms with E-state index in [0.29, 0.717) is 68.4 Å². The molecule has 17 rings (SSSR count). The van der Waals surface area contributed by atoms with E-state index in [4.69, 9.17) is 25.3 Å². The molecule has 0 atom stereocenters. The van der Waals surface area contributed by atoms with Gasteiger partial charge in [-0.25, -0.2) is 35.1 Å². The topological polar surface area (TPSA) is 259 Å². The summed E-state index contributed by atoms with van der Waals surface area (Å²) in [5, 5.41) is 20.4. The SMILES string of the molecule is CC(C)(c1cccc(-c2[c-]cc(F)nc2F)n1)c1cccc([N+](=O)[O-])n1.CC(C)(c1cccc(N[C-]=CC(=N)C(F)(F)F)n1)c1cccc(-c2[c-]cc(F)nc2F)n1.Cc1cc(F)nc(F)c1-c1cccc(C(c2ccccc2)(c2ccccc2)c2cccc(-c3[c-]cc(F)nc3F)n2)n1.Cc1cc(F)nc(F)c1-c1cccc(C2(c3cccc(-c4[c-]cc(F)nc4F)n3)CCCC2)n1.[Pt+2].[Pt].[Pt].[Pt]. The number of hydrogen-bond acceptors (Lipinski definition) is 18. The molecule has 1 fully saturated rings. The van der Waals surface area contributed by atoms with E-state index in [9.17, 15) is 71.6 Å². The number of benzene rings is 2. The van der Waals surface area contributed by atoms with Gasteiger partial charge in [-0.3, -0.25) is 39.9 Å². The molecule has 714 valence electrons. The first-order valence-electron chi connectivity index (χ1n) is 40.7. The number of nitrogens with zero attached hydrogens (tertiary/aromatic N) is 15. The van der Waals surface area contributed by atoms with Gasteiger partial charge in [-0.05, 0) is 188 Å². The number of nitro groups is 1. The number of hydrogen-bond donors (Lipinski definition) is 2. The van der Waals surface area contributed by atoms with Gasteiger partial charge in [0.2, 0.25) is 23.8 Å². The Morgan fingerprint density at radius 1 is 0.391 bits per heavy atom. The number of aryl methyl sites for hydroxylation is 2. The van der Waals surface area contributed by atoms with E-state index in [1.807, 2.05) is 86.6 Å². The molecule has 2 N–H and O–H groups in total. The van der Waals surface area contributed by atoms with Crippen molar-refractivity contribution in [1.82, 2.24) is 69.8 Å². The third-order valence-corrected chi connectivity index (χ3v) is 21.9. The van der Waals surface area contributed by atoms with Crippen LogP contribution in [0.4, 0.5) is 77.5 Å². The van der Waals surface area contributed by atoms with Crippen molar-refractivity contribution in [3.63, 3.8) is 0 Å². The van der Waals surface area contributed by atoms with Gasteiger partial charge in [0.25, 0.3) is 0 Å².